The van der Waals surface area contributed by atoms with Crippen LogP contribution in [0.1, 0.15) is 13.3 Å². The number of aliphatic hydroxyl groups is 1. The van der Waals surface area contributed by atoms with Gasteiger partial charge in [0.15, 0.2) is 0 Å². The molecule has 0 radical (unpaired) electrons. The summed E-state index contributed by atoms with van der Waals surface area (Å²) in [6.45, 7) is -3.55. The van der Waals surface area contributed by atoms with Gasteiger partial charge in [-0.1, -0.05) is 11.8 Å². The van der Waals surface area contributed by atoms with E-state index < -0.39 is 41.2 Å². The summed E-state index contributed by atoms with van der Waals surface area (Å²) in [5.41, 5.74) is 0. The second-order valence-corrected chi connectivity index (χ2v) is 9.74. The minimum absolute atomic E-state index is 0.284. The van der Waals surface area contributed by atoms with Crippen LogP contribution in [-0.4, -0.2) is 34.9 Å². The number of hydrogen-bond acceptors (Lipinski definition) is 11. The highest BCUT2D eigenvalue weighted by atomic mass is 32.5. The third-order valence-corrected chi connectivity index (χ3v) is 6.82. The largest absolute Gasteiger partial charge is 0.779 e. The Morgan fingerprint density at radius 1 is 1.33 bits per heavy atom. The lowest BCUT2D eigenvalue weighted by Gasteiger charge is -2.35. The lowest BCUT2D eigenvalue weighted by molar-refractivity contribution is -0.244. The summed E-state index contributed by atoms with van der Waals surface area (Å²) in [6, 6.07) is 0. The Morgan fingerprint density at radius 3 is 2.33 bits per heavy atom. The molecule has 15 heteroatoms. The van der Waals surface area contributed by atoms with Gasteiger partial charge in [-0.15, -0.1) is 0 Å². The quantitative estimate of drug-likeness (QED) is 0.465. The Kier molecular flexibility index (Phi) is 6.70. The molecule has 1 heterocycles. The third-order valence-electron chi connectivity index (χ3n) is 2.21. The maximum atomic E-state index is 11.6. The van der Waals surface area contributed by atoms with E-state index in [1.54, 1.807) is 6.92 Å². The van der Waals surface area contributed by atoms with E-state index in [4.69, 9.17) is 9.63 Å². The fourth-order valence-corrected chi connectivity index (χ4v) is 5.35. The second-order valence-electron chi connectivity index (χ2n) is 4.11. The Hall–Kier alpha value is 0.750. The van der Waals surface area contributed by atoms with Gasteiger partial charge < -0.3 is 33.9 Å². The predicted molar refractivity (Wildman–Crippen MR) is 64.8 cm³/mol. The molecule has 2 N–H and O–H groups in total. The lowest BCUT2D eigenvalue weighted by atomic mass is 10.1. The van der Waals surface area contributed by atoms with E-state index in [0.717, 1.165) is 0 Å². The highest BCUT2D eigenvalue weighted by Crippen LogP contribution is 2.61. The van der Waals surface area contributed by atoms with Crippen molar-refractivity contribution in [2.24, 2.45) is 0 Å². The first-order chi connectivity index (χ1) is 9.30. The Morgan fingerprint density at radius 2 is 1.90 bits per heavy atom. The molecule has 126 valence electrons. The van der Waals surface area contributed by atoms with Crippen molar-refractivity contribution in [3.8, 4) is 0 Å². The molecule has 21 heavy (non-hydrogen) atoms. The van der Waals surface area contributed by atoms with E-state index in [1.807, 2.05) is 0 Å². The normalized spacial score (nSPS) is 34.9. The molecule has 1 aliphatic rings. The Labute approximate surface area is 124 Å². The molecule has 1 saturated heterocycles. The van der Waals surface area contributed by atoms with Crippen molar-refractivity contribution in [2.45, 2.75) is 31.7 Å². The Bertz CT molecular complexity index is 504. The molecule has 0 aliphatic carbocycles. The average molecular weight is 385 g/mol. The second kappa shape index (κ2) is 7.11. The monoisotopic (exact) mass is 385 g/mol. The van der Waals surface area contributed by atoms with Crippen LogP contribution in [0.5, 0.6) is 0 Å². The van der Waals surface area contributed by atoms with Crippen molar-refractivity contribution in [2.75, 3.05) is 6.61 Å². The number of aliphatic hydroxyl groups excluding tert-OH is 1. The topological polar surface area (TPSA) is 181 Å². The average Bonchev–Trinajstić information content (AvgIpc) is 2.48. The van der Waals surface area contributed by atoms with Crippen molar-refractivity contribution in [1.82, 2.24) is 0 Å². The summed E-state index contributed by atoms with van der Waals surface area (Å²) >= 11 is 4.23. The third kappa shape index (κ3) is 7.71. The van der Waals surface area contributed by atoms with E-state index in [-0.39, 0.29) is 6.10 Å². The number of ether oxygens (including phenoxy) is 1. The van der Waals surface area contributed by atoms with Crippen molar-refractivity contribution in [1.29, 1.82) is 0 Å². The SMILES string of the molecule is C[C@H]1CC(O)[C@@H](COP([O-])(=S)OP(=O)([O-])OP(=O)([O-])O)O1. The summed E-state index contributed by atoms with van der Waals surface area (Å²) < 4.78 is 38.0. The van der Waals surface area contributed by atoms with E-state index in [9.17, 15) is 28.9 Å². The molecular formula is C6H12O11P3S-3. The zero-order valence-corrected chi connectivity index (χ0v) is 14.0. The van der Waals surface area contributed by atoms with Gasteiger partial charge in [0, 0.05) is 6.42 Å². The minimum atomic E-state index is -5.70. The van der Waals surface area contributed by atoms with Crippen molar-refractivity contribution < 1.29 is 51.7 Å². The molecule has 0 spiro atoms. The van der Waals surface area contributed by atoms with Gasteiger partial charge in [0.25, 0.3) is 15.6 Å². The molecule has 6 atom stereocenters. The van der Waals surface area contributed by atoms with E-state index in [2.05, 4.69) is 25.0 Å². The van der Waals surface area contributed by atoms with Gasteiger partial charge >= 0.3 is 0 Å². The van der Waals surface area contributed by atoms with Crippen LogP contribution in [0.4, 0.5) is 0 Å². The smallest absolute Gasteiger partial charge is 0.279 e. The summed E-state index contributed by atoms with van der Waals surface area (Å²) in [5, 5.41) is 9.52. The zero-order valence-electron chi connectivity index (χ0n) is 10.5. The van der Waals surface area contributed by atoms with E-state index >= 15 is 0 Å². The van der Waals surface area contributed by atoms with Crippen molar-refractivity contribution in [3.05, 3.63) is 0 Å². The van der Waals surface area contributed by atoms with Gasteiger partial charge in [-0.2, -0.15) is 0 Å². The molecule has 0 aromatic carbocycles. The van der Waals surface area contributed by atoms with E-state index in [1.165, 1.54) is 0 Å². The first-order valence-corrected chi connectivity index (χ1v) is 10.9. The maximum absolute atomic E-state index is 11.6. The first kappa shape index (κ1) is 19.8. The molecule has 1 fully saturated rings. The van der Waals surface area contributed by atoms with Crippen LogP contribution in [0.3, 0.4) is 0 Å². The summed E-state index contributed by atoms with van der Waals surface area (Å²) in [7, 11) is -11.4. The van der Waals surface area contributed by atoms with Gasteiger partial charge in [-0.05, 0) is 6.92 Å². The molecule has 0 aromatic heterocycles. The van der Waals surface area contributed by atoms with Crippen LogP contribution >= 0.6 is 22.4 Å². The number of hydrogen-bond donors (Lipinski definition) is 2. The molecule has 0 bridgehead atoms. The van der Waals surface area contributed by atoms with Crippen LogP contribution in [0.15, 0.2) is 0 Å². The fourth-order valence-electron chi connectivity index (χ4n) is 1.54. The van der Waals surface area contributed by atoms with Gasteiger partial charge in [0.1, 0.15) is 12.8 Å². The van der Waals surface area contributed by atoms with Crippen molar-refractivity contribution in [3.63, 3.8) is 0 Å². The summed E-state index contributed by atoms with van der Waals surface area (Å²) in [4.78, 5) is 41.1. The molecule has 1 rings (SSSR count). The molecule has 11 nitrogen and oxygen atoms in total. The van der Waals surface area contributed by atoms with E-state index in [0.29, 0.717) is 6.42 Å². The summed E-state index contributed by atoms with van der Waals surface area (Å²) in [5.74, 6) is 0. The standard InChI is InChI=1S/C6H15O11P3S/c1-4-2-5(7)6(15-4)3-14-20(13,21)17-19(11,12)16-18(8,9)10/h4-7H,2-3H2,1H3,(H,11,12)(H,13,21)(H2,8,9,10)/p-3/t4-,5?,6+,20?/m0/s1. The molecule has 0 amide bonds. The molecule has 1 aliphatic heterocycles. The van der Waals surface area contributed by atoms with Gasteiger partial charge in [0.05, 0.1) is 18.8 Å². The minimum Gasteiger partial charge on any atom is -0.779 e. The molecular weight excluding hydrogens is 373 g/mol. The van der Waals surface area contributed by atoms with Gasteiger partial charge in [-0.3, -0.25) is 13.4 Å². The summed E-state index contributed by atoms with van der Waals surface area (Å²) in [6.07, 6.45) is -1.81. The Balaban J connectivity index is 2.56. The van der Waals surface area contributed by atoms with Gasteiger partial charge in [0.2, 0.25) is 0 Å². The first-order valence-electron chi connectivity index (χ1n) is 5.36. The number of rotatable bonds is 7. The van der Waals surface area contributed by atoms with Crippen LogP contribution in [0.25, 0.3) is 0 Å². The molecule has 0 saturated carbocycles. The lowest BCUT2D eigenvalue weighted by Crippen LogP contribution is -2.27. The zero-order chi connectivity index (χ0) is 16.5. The van der Waals surface area contributed by atoms with Crippen LogP contribution in [0.2, 0.25) is 0 Å². The van der Waals surface area contributed by atoms with Crippen LogP contribution < -0.4 is 14.7 Å². The van der Waals surface area contributed by atoms with Crippen molar-refractivity contribution >= 4 is 34.2 Å². The predicted octanol–water partition coefficient (Wildman–Crippen LogP) is -1.91. The molecule has 0 aromatic rings. The molecule has 4 unspecified atom stereocenters. The van der Waals surface area contributed by atoms with Crippen LogP contribution in [-0.2, 0) is 38.8 Å². The fraction of sp³-hybridized carbons (Fsp3) is 1.00. The highest BCUT2D eigenvalue weighted by Gasteiger charge is 2.32. The highest BCUT2D eigenvalue weighted by molar-refractivity contribution is 8.07. The van der Waals surface area contributed by atoms with Crippen LogP contribution in [0, 0.1) is 0 Å². The maximum Gasteiger partial charge on any atom is 0.279 e. The number of phosphoric acid groups is 2. The van der Waals surface area contributed by atoms with Gasteiger partial charge in [-0.25, -0.2) is 4.31 Å².